The lowest BCUT2D eigenvalue weighted by atomic mass is 10.1. The Morgan fingerprint density at radius 1 is 1.42 bits per heavy atom. The summed E-state index contributed by atoms with van der Waals surface area (Å²) in [4.78, 5) is 25.3. The number of hydrogen-bond donors (Lipinski definition) is 1. The lowest BCUT2D eigenvalue weighted by molar-refractivity contribution is -0.125. The smallest absolute Gasteiger partial charge is 0.267 e. The lowest BCUT2D eigenvalue weighted by Gasteiger charge is -2.30. The fourth-order valence-electron chi connectivity index (χ4n) is 2.16. The van der Waals surface area contributed by atoms with Gasteiger partial charge in [0.15, 0.2) is 6.10 Å². The Bertz CT molecular complexity index is 552. The first kappa shape index (κ1) is 12.0. The molecule has 5 nitrogen and oxygen atoms in total. The Morgan fingerprint density at radius 3 is 2.84 bits per heavy atom. The molecule has 1 unspecified atom stereocenters. The van der Waals surface area contributed by atoms with E-state index in [9.17, 15) is 9.59 Å². The number of likely N-dealkylation sites (N-methyl/N-ethyl adjacent to an activating group) is 1. The van der Waals surface area contributed by atoms with Crippen LogP contribution in [0, 0.1) is 0 Å². The molecule has 19 heavy (non-hydrogen) atoms. The normalized spacial score (nSPS) is 21.7. The monoisotopic (exact) mass is 260 g/mol. The van der Waals surface area contributed by atoms with Crippen LogP contribution in [0.1, 0.15) is 30.1 Å². The lowest BCUT2D eigenvalue weighted by Crippen LogP contribution is -2.42. The standard InChI is InChI=1S/C14H16N2O3/c1-8-14(18)16(2)11-6-3-9(7-12(11)19-8)13(17)15-10-4-5-10/h3,6-8,10H,4-5H2,1-2H3,(H,15,17). The van der Waals surface area contributed by atoms with Crippen LogP contribution in [0.4, 0.5) is 5.69 Å². The van der Waals surface area contributed by atoms with E-state index in [2.05, 4.69) is 5.32 Å². The second kappa shape index (κ2) is 4.26. The third-order valence-corrected chi connectivity index (χ3v) is 3.48. The average molecular weight is 260 g/mol. The quantitative estimate of drug-likeness (QED) is 0.872. The highest BCUT2D eigenvalue weighted by Gasteiger charge is 2.30. The number of ether oxygens (including phenoxy) is 1. The Kier molecular flexibility index (Phi) is 2.69. The zero-order valence-electron chi connectivity index (χ0n) is 11.0. The number of carbonyl (C=O) groups is 2. The van der Waals surface area contributed by atoms with E-state index in [1.807, 2.05) is 0 Å². The third kappa shape index (κ3) is 2.16. The summed E-state index contributed by atoms with van der Waals surface area (Å²) in [5.41, 5.74) is 1.27. The number of anilines is 1. The van der Waals surface area contributed by atoms with Gasteiger partial charge in [0, 0.05) is 18.7 Å². The predicted molar refractivity (Wildman–Crippen MR) is 70.4 cm³/mol. The number of nitrogens with one attached hydrogen (secondary N) is 1. The van der Waals surface area contributed by atoms with Gasteiger partial charge in [0.2, 0.25) is 0 Å². The summed E-state index contributed by atoms with van der Waals surface area (Å²) in [6.07, 6.45) is 1.60. The molecule has 1 aromatic carbocycles. The second-order valence-corrected chi connectivity index (χ2v) is 5.09. The van der Waals surface area contributed by atoms with Gasteiger partial charge in [-0.3, -0.25) is 9.59 Å². The second-order valence-electron chi connectivity index (χ2n) is 5.09. The van der Waals surface area contributed by atoms with E-state index in [1.54, 1.807) is 37.1 Å². The first-order valence-electron chi connectivity index (χ1n) is 6.45. The maximum atomic E-state index is 12.0. The van der Waals surface area contributed by atoms with Crippen molar-refractivity contribution < 1.29 is 14.3 Å². The fourth-order valence-corrected chi connectivity index (χ4v) is 2.16. The molecule has 1 N–H and O–H groups in total. The maximum Gasteiger partial charge on any atom is 0.267 e. The third-order valence-electron chi connectivity index (χ3n) is 3.48. The van der Waals surface area contributed by atoms with Crippen molar-refractivity contribution in [3.8, 4) is 5.75 Å². The Hall–Kier alpha value is -2.04. The van der Waals surface area contributed by atoms with Gasteiger partial charge < -0.3 is 15.0 Å². The average Bonchev–Trinajstić information content (AvgIpc) is 3.19. The molecule has 0 spiro atoms. The van der Waals surface area contributed by atoms with Gasteiger partial charge in [0.1, 0.15) is 5.75 Å². The maximum absolute atomic E-state index is 12.0. The molecule has 1 saturated carbocycles. The Balaban J connectivity index is 1.88. The van der Waals surface area contributed by atoms with Crippen LogP contribution in [0.5, 0.6) is 5.75 Å². The summed E-state index contributed by atoms with van der Waals surface area (Å²) in [5, 5.41) is 2.93. The molecule has 1 aromatic rings. The van der Waals surface area contributed by atoms with Crippen molar-refractivity contribution in [1.82, 2.24) is 5.32 Å². The zero-order valence-corrected chi connectivity index (χ0v) is 11.0. The molecule has 0 radical (unpaired) electrons. The van der Waals surface area contributed by atoms with Gasteiger partial charge in [-0.25, -0.2) is 0 Å². The van der Waals surface area contributed by atoms with Gasteiger partial charge in [-0.2, -0.15) is 0 Å². The summed E-state index contributed by atoms with van der Waals surface area (Å²) in [7, 11) is 1.71. The predicted octanol–water partition coefficient (Wildman–Crippen LogP) is 1.32. The molecule has 1 heterocycles. The van der Waals surface area contributed by atoms with E-state index < -0.39 is 6.10 Å². The van der Waals surface area contributed by atoms with Crippen molar-refractivity contribution >= 4 is 17.5 Å². The van der Waals surface area contributed by atoms with E-state index >= 15 is 0 Å². The molecule has 5 heteroatoms. The molecule has 3 rings (SSSR count). The molecule has 0 bridgehead atoms. The Labute approximate surface area is 111 Å². The van der Waals surface area contributed by atoms with Crippen molar-refractivity contribution in [3.63, 3.8) is 0 Å². The molecular formula is C14H16N2O3. The van der Waals surface area contributed by atoms with Crippen LogP contribution in [-0.4, -0.2) is 31.0 Å². The van der Waals surface area contributed by atoms with Crippen LogP contribution in [-0.2, 0) is 4.79 Å². The van der Waals surface area contributed by atoms with Crippen LogP contribution in [0.3, 0.4) is 0 Å². The molecule has 100 valence electrons. The first-order chi connectivity index (χ1) is 9.06. The Morgan fingerprint density at radius 2 is 2.16 bits per heavy atom. The van der Waals surface area contributed by atoms with Crippen molar-refractivity contribution in [3.05, 3.63) is 23.8 Å². The van der Waals surface area contributed by atoms with E-state index in [1.165, 1.54) is 0 Å². The van der Waals surface area contributed by atoms with Gasteiger partial charge in [-0.05, 0) is 38.0 Å². The van der Waals surface area contributed by atoms with Crippen molar-refractivity contribution in [2.75, 3.05) is 11.9 Å². The highest BCUT2D eigenvalue weighted by molar-refractivity contribution is 6.01. The van der Waals surface area contributed by atoms with E-state index in [-0.39, 0.29) is 11.8 Å². The molecule has 1 atom stereocenters. The van der Waals surface area contributed by atoms with Gasteiger partial charge in [0.25, 0.3) is 11.8 Å². The van der Waals surface area contributed by atoms with E-state index in [4.69, 9.17) is 4.74 Å². The van der Waals surface area contributed by atoms with Crippen molar-refractivity contribution in [1.29, 1.82) is 0 Å². The molecule has 0 saturated heterocycles. The van der Waals surface area contributed by atoms with Crippen LogP contribution in [0.2, 0.25) is 0 Å². The number of carbonyl (C=O) groups excluding carboxylic acids is 2. The molecule has 1 fully saturated rings. The van der Waals surface area contributed by atoms with E-state index in [0.717, 1.165) is 12.8 Å². The van der Waals surface area contributed by atoms with Gasteiger partial charge >= 0.3 is 0 Å². The van der Waals surface area contributed by atoms with Crippen molar-refractivity contribution in [2.45, 2.75) is 31.9 Å². The molecule has 1 aliphatic carbocycles. The number of fused-ring (bicyclic) bond motifs is 1. The fraction of sp³-hybridized carbons (Fsp3) is 0.429. The summed E-state index contributed by atoms with van der Waals surface area (Å²) < 4.78 is 5.55. The van der Waals surface area contributed by atoms with Gasteiger partial charge in [-0.1, -0.05) is 0 Å². The van der Waals surface area contributed by atoms with Crippen LogP contribution < -0.4 is 15.0 Å². The largest absolute Gasteiger partial charge is 0.479 e. The number of hydrogen-bond acceptors (Lipinski definition) is 3. The number of amides is 2. The first-order valence-corrected chi connectivity index (χ1v) is 6.45. The van der Waals surface area contributed by atoms with Crippen LogP contribution in [0.15, 0.2) is 18.2 Å². The summed E-state index contributed by atoms with van der Waals surface area (Å²) in [5.74, 6) is 0.418. The topological polar surface area (TPSA) is 58.6 Å². The molecule has 2 aliphatic rings. The zero-order chi connectivity index (χ0) is 13.6. The highest BCUT2D eigenvalue weighted by Crippen LogP contribution is 2.34. The minimum Gasteiger partial charge on any atom is -0.479 e. The minimum atomic E-state index is -0.515. The minimum absolute atomic E-state index is 0.0809. The highest BCUT2D eigenvalue weighted by atomic mass is 16.5. The molecule has 2 amide bonds. The van der Waals surface area contributed by atoms with Crippen LogP contribution >= 0.6 is 0 Å². The van der Waals surface area contributed by atoms with Crippen molar-refractivity contribution in [2.24, 2.45) is 0 Å². The van der Waals surface area contributed by atoms with Gasteiger partial charge in [0.05, 0.1) is 5.69 Å². The summed E-state index contributed by atoms with van der Waals surface area (Å²) in [6.45, 7) is 1.71. The van der Waals surface area contributed by atoms with Gasteiger partial charge in [-0.15, -0.1) is 0 Å². The number of benzene rings is 1. The summed E-state index contributed by atoms with van der Waals surface area (Å²) in [6, 6.07) is 5.50. The number of rotatable bonds is 2. The number of nitrogens with zero attached hydrogens (tertiary/aromatic N) is 1. The molecule has 1 aliphatic heterocycles. The van der Waals surface area contributed by atoms with Crippen LogP contribution in [0.25, 0.3) is 0 Å². The molecule has 0 aromatic heterocycles. The SMILES string of the molecule is CC1Oc2cc(C(=O)NC3CC3)ccc2N(C)C1=O. The van der Waals surface area contributed by atoms with E-state index in [0.29, 0.717) is 23.0 Å². The summed E-state index contributed by atoms with van der Waals surface area (Å²) >= 11 is 0. The molecular weight excluding hydrogens is 244 g/mol.